The summed E-state index contributed by atoms with van der Waals surface area (Å²) < 4.78 is 5.08. The summed E-state index contributed by atoms with van der Waals surface area (Å²) in [5, 5.41) is 10.2. The molecular weight excluding hydrogens is 256 g/mol. The van der Waals surface area contributed by atoms with Crippen molar-refractivity contribution in [3.8, 4) is 0 Å². The molecule has 2 aromatic rings. The van der Waals surface area contributed by atoms with E-state index in [0.29, 0.717) is 24.7 Å². The van der Waals surface area contributed by atoms with E-state index >= 15 is 0 Å². The number of nitrogens with one attached hydrogen (secondary N) is 2. The Morgan fingerprint density at radius 3 is 2.45 bits per heavy atom. The largest absolute Gasteiger partial charge is 0.373 e. The van der Waals surface area contributed by atoms with Gasteiger partial charge in [-0.2, -0.15) is 4.98 Å². The van der Waals surface area contributed by atoms with Crippen molar-refractivity contribution in [3.05, 3.63) is 23.1 Å². The molecule has 0 spiro atoms. The zero-order valence-electron chi connectivity index (χ0n) is 12.3. The van der Waals surface area contributed by atoms with E-state index in [1.54, 1.807) is 0 Å². The SMILES string of the molecule is CCc1nc(NC)c(C)c(NCCc2nc(C)no2)n1. The summed E-state index contributed by atoms with van der Waals surface area (Å²) in [6, 6.07) is 0. The van der Waals surface area contributed by atoms with Crippen LogP contribution in [0.1, 0.15) is 30.0 Å². The van der Waals surface area contributed by atoms with Crippen molar-refractivity contribution in [2.75, 3.05) is 24.2 Å². The summed E-state index contributed by atoms with van der Waals surface area (Å²) in [5.74, 6) is 3.80. The van der Waals surface area contributed by atoms with E-state index < -0.39 is 0 Å². The zero-order chi connectivity index (χ0) is 14.5. The van der Waals surface area contributed by atoms with E-state index in [9.17, 15) is 0 Å². The maximum Gasteiger partial charge on any atom is 0.228 e. The fourth-order valence-electron chi connectivity index (χ4n) is 1.87. The maximum atomic E-state index is 5.08. The summed E-state index contributed by atoms with van der Waals surface area (Å²) in [6.45, 7) is 6.52. The number of aromatic nitrogens is 4. The van der Waals surface area contributed by atoms with Crippen molar-refractivity contribution in [3.63, 3.8) is 0 Å². The standard InChI is InChI=1S/C13H20N6O/c1-5-10-17-12(14-4)8(2)13(18-10)15-7-6-11-16-9(3)19-20-11/h5-7H2,1-4H3,(H2,14,15,17,18). The first-order valence-corrected chi connectivity index (χ1v) is 6.72. The van der Waals surface area contributed by atoms with Gasteiger partial charge in [0.05, 0.1) is 0 Å². The number of anilines is 2. The monoisotopic (exact) mass is 276 g/mol. The summed E-state index contributed by atoms with van der Waals surface area (Å²) in [5.41, 5.74) is 1.01. The van der Waals surface area contributed by atoms with Crippen LogP contribution in [0.2, 0.25) is 0 Å². The second kappa shape index (κ2) is 6.31. The molecule has 0 bridgehead atoms. The third-order valence-electron chi connectivity index (χ3n) is 2.95. The molecule has 20 heavy (non-hydrogen) atoms. The molecule has 2 rings (SSSR count). The van der Waals surface area contributed by atoms with Gasteiger partial charge in [0.2, 0.25) is 5.89 Å². The van der Waals surface area contributed by atoms with Crippen LogP contribution in [0.3, 0.4) is 0 Å². The summed E-state index contributed by atoms with van der Waals surface area (Å²) in [6.07, 6.45) is 1.47. The number of aryl methyl sites for hydroxylation is 2. The van der Waals surface area contributed by atoms with Gasteiger partial charge in [-0.05, 0) is 13.8 Å². The molecule has 0 radical (unpaired) electrons. The minimum absolute atomic E-state index is 0.631. The highest BCUT2D eigenvalue weighted by atomic mass is 16.5. The summed E-state index contributed by atoms with van der Waals surface area (Å²) >= 11 is 0. The molecule has 2 heterocycles. The van der Waals surface area contributed by atoms with E-state index in [-0.39, 0.29) is 0 Å². The molecule has 2 aromatic heterocycles. The third-order valence-corrected chi connectivity index (χ3v) is 2.95. The number of nitrogens with zero attached hydrogens (tertiary/aromatic N) is 4. The van der Waals surface area contributed by atoms with E-state index in [1.807, 2.05) is 27.8 Å². The molecule has 0 saturated carbocycles. The minimum Gasteiger partial charge on any atom is -0.373 e. The number of rotatable bonds is 6. The van der Waals surface area contributed by atoms with Crippen LogP contribution in [-0.2, 0) is 12.8 Å². The van der Waals surface area contributed by atoms with Crippen LogP contribution < -0.4 is 10.6 Å². The Labute approximate surface area is 118 Å². The molecule has 0 aliphatic heterocycles. The van der Waals surface area contributed by atoms with Gasteiger partial charge in [0.1, 0.15) is 17.5 Å². The molecule has 108 valence electrons. The van der Waals surface area contributed by atoms with Gasteiger partial charge in [-0.15, -0.1) is 0 Å². The van der Waals surface area contributed by atoms with Gasteiger partial charge < -0.3 is 15.2 Å². The van der Waals surface area contributed by atoms with Gasteiger partial charge in [-0.1, -0.05) is 12.1 Å². The van der Waals surface area contributed by atoms with Crippen LogP contribution >= 0.6 is 0 Å². The second-order valence-electron chi connectivity index (χ2n) is 4.48. The molecule has 0 atom stereocenters. The molecule has 0 aliphatic rings. The molecule has 0 saturated heterocycles. The Hall–Kier alpha value is -2.18. The van der Waals surface area contributed by atoms with Gasteiger partial charge in [-0.25, -0.2) is 9.97 Å². The molecular formula is C13H20N6O. The van der Waals surface area contributed by atoms with Gasteiger partial charge in [0, 0.05) is 32.0 Å². The first kappa shape index (κ1) is 14.2. The first-order valence-electron chi connectivity index (χ1n) is 6.72. The van der Waals surface area contributed by atoms with Crippen LogP contribution in [-0.4, -0.2) is 33.7 Å². The van der Waals surface area contributed by atoms with Gasteiger partial charge in [0.15, 0.2) is 5.82 Å². The highest BCUT2D eigenvalue weighted by Crippen LogP contribution is 2.19. The van der Waals surface area contributed by atoms with Crippen LogP contribution in [0.5, 0.6) is 0 Å². The number of hydrogen-bond donors (Lipinski definition) is 2. The Bertz CT molecular complexity index is 580. The van der Waals surface area contributed by atoms with E-state index in [0.717, 1.165) is 29.4 Å². The Morgan fingerprint density at radius 2 is 1.85 bits per heavy atom. The van der Waals surface area contributed by atoms with Gasteiger partial charge in [0.25, 0.3) is 0 Å². The topological polar surface area (TPSA) is 88.8 Å². The first-order chi connectivity index (χ1) is 9.63. The van der Waals surface area contributed by atoms with Crippen molar-refractivity contribution < 1.29 is 4.52 Å². The highest BCUT2D eigenvalue weighted by molar-refractivity contribution is 5.56. The molecule has 0 amide bonds. The van der Waals surface area contributed by atoms with Gasteiger partial charge >= 0.3 is 0 Å². The van der Waals surface area contributed by atoms with Crippen LogP contribution in [0.4, 0.5) is 11.6 Å². The van der Waals surface area contributed by atoms with Crippen molar-refractivity contribution in [2.24, 2.45) is 0 Å². The van der Waals surface area contributed by atoms with E-state index in [1.165, 1.54) is 0 Å². The molecule has 0 aromatic carbocycles. The lowest BCUT2D eigenvalue weighted by Crippen LogP contribution is -2.12. The van der Waals surface area contributed by atoms with Gasteiger partial charge in [-0.3, -0.25) is 0 Å². The third kappa shape index (κ3) is 3.23. The Kier molecular flexibility index (Phi) is 4.49. The molecule has 7 heteroatoms. The fourth-order valence-corrected chi connectivity index (χ4v) is 1.87. The van der Waals surface area contributed by atoms with Crippen LogP contribution in [0, 0.1) is 13.8 Å². The van der Waals surface area contributed by atoms with Crippen molar-refractivity contribution in [1.29, 1.82) is 0 Å². The zero-order valence-corrected chi connectivity index (χ0v) is 12.3. The molecule has 0 aliphatic carbocycles. The normalized spacial score (nSPS) is 10.6. The van der Waals surface area contributed by atoms with Crippen molar-refractivity contribution in [1.82, 2.24) is 20.1 Å². The lowest BCUT2D eigenvalue weighted by molar-refractivity contribution is 0.377. The predicted octanol–water partition coefficient (Wildman–Crippen LogP) is 1.74. The molecule has 0 unspecified atom stereocenters. The number of hydrogen-bond acceptors (Lipinski definition) is 7. The average Bonchev–Trinajstić information content (AvgIpc) is 2.86. The molecule has 7 nitrogen and oxygen atoms in total. The molecule has 2 N–H and O–H groups in total. The fraction of sp³-hybridized carbons (Fsp3) is 0.538. The predicted molar refractivity (Wildman–Crippen MR) is 76.9 cm³/mol. The summed E-state index contributed by atoms with van der Waals surface area (Å²) in [4.78, 5) is 13.1. The second-order valence-corrected chi connectivity index (χ2v) is 4.48. The summed E-state index contributed by atoms with van der Waals surface area (Å²) in [7, 11) is 1.86. The quantitative estimate of drug-likeness (QED) is 0.830. The van der Waals surface area contributed by atoms with Crippen LogP contribution in [0.25, 0.3) is 0 Å². The lowest BCUT2D eigenvalue weighted by atomic mass is 10.3. The highest BCUT2D eigenvalue weighted by Gasteiger charge is 2.09. The Balaban J connectivity index is 2.04. The Morgan fingerprint density at radius 1 is 1.10 bits per heavy atom. The smallest absolute Gasteiger partial charge is 0.228 e. The van der Waals surface area contributed by atoms with E-state index in [2.05, 4.69) is 30.7 Å². The van der Waals surface area contributed by atoms with Crippen molar-refractivity contribution in [2.45, 2.75) is 33.6 Å². The van der Waals surface area contributed by atoms with Crippen LogP contribution in [0.15, 0.2) is 4.52 Å². The van der Waals surface area contributed by atoms with E-state index in [4.69, 9.17) is 4.52 Å². The maximum absolute atomic E-state index is 5.08. The minimum atomic E-state index is 0.631. The lowest BCUT2D eigenvalue weighted by Gasteiger charge is -2.12. The molecule has 0 fully saturated rings. The average molecular weight is 276 g/mol. The van der Waals surface area contributed by atoms with Crippen molar-refractivity contribution >= 4 is 11.6 Å².